The van der Waals surface area contributed by atoms with E-state index in [4.69, 9.17) is 5.73 Å². The van der Waals surface area contributed by atoms with E-state index in [0.29, 0.717) is 11.0 Å². The average molecular weight is 355 g/mol. The van der Waals surface area contributed by atoms with E-state index in [9.17, 15) is 4.79 Å². The summed E-state index contributed by atoms with van der Waals surface area (Å²) < 4.78 is 0. The van der Waals surface area contributed by atoms with Gasteiger partial charge in [-0.25, -0.2) is 0 Å². The normalized spacial score (nSPS) is 13.3. The van der Waals surface area contributed by atoms with Crippen molar-refractivity contribution in [1.82, 2.24) is 10.2 Å². The van der Waals surface area contributed by atoms with Crippen LogP contribution < -0.4 is 11.1 Å². The molecule has 0 spiro atoms. The number of carbonyl (C=O) groups is 1. The first-order valence-corrected chi connectivity index (χ1v) is 8.29. The van der Waals surface area contributed by atoms with Gasteiger partial charge in [-0.2, -0.15) is 0 Å². The van der Waals surface area contributed by atoms with E-state index in [-0.39, 0.29) is 18.3 Å². The summed E-state index contributed by atoms with van der Waals surface area (Å²) in [6, 6.07) is 9.31. The third-order valence-corrected chi connectivity index (χ3v) is 4.84. The number of anilines is 1. The van der Waals surface area contributed by atoms with Crippen LogP contribution in [0.4, 0.5) is 5.13 Å². The topological polar surface area (TPSA) is 80.9 Å². The van der Waals surface area contributed by atoms with E-state index in [2.05, 4.69) is 29.4 Å². The number of amides is 1. The standard InChI is InChI=1S/C16H22N4OS.ClH/c1-4-11(5-2)13-19-20-15(22-13)18-14(21)16(3,17)12-9-7-6-8-10-12;/h6-11H,4-5,17H2,1-3H3,(H,18,20,21);1H. The molecule has 0 aliphatic rings. The Morgan fingerprint density at radius 2 is 1.87 bits per heavy atom. The van der Waals surface area contributed by atoms with E-state index in [1.165, 1.54) is 11.3 Å². The summed E-state index contributed by atoms with van der Waals surface area (Å²) in [5, 5.41) is 12.5. The lowest BCUT2D eigenvalue weighted by Crippen LogP contribution is -2.45. The third kappa shape index (κ3) is 4.50. The average Bonchev–Trinajstić information content (AvgIpc) is 2.97. The molecule has 0 fully saturated rings. The number of hydrogen-bond acceptors (Lipinski definition) is 5. The number of benzene rings is 1. The minimum atomic E-state index is -1.11. The van der Waals surface area contributed by atoms with Crippen LogP contribution in [-0.4, -0.2) is 16.1 Å². The summed E-state index contributed by atoms with van der Waals surface area (Å²) >= 11 is 1.42. The Bertz CT molecular complexity index is 626. The molecule has 0 bridgehead atoms. The molecule has 3 N–H and O–H groups in total. The van der Waals surface area contributed by atoms with E-state index >= 15 is 0 Å². The molecule has 2 rings (SSSR count). The van der Waals surface area contributed by atoms with Crippen molar-refractivity contribution in [2.24, 2.45) is 5.73 Å². The van der Waals surface area contributed by atoms with Gasteiger partial charge >= 0.3 is 0 Å². The Labute approximate surface area is 147 Å². The molecule has 0 radical (unpaired) electrons. The Kier molecular flexibility index (Phi) is 7.12. The first-order chi connectivity index (χ1) is 10.5. The highest BCUT2D eigenvalue weighted by atomic mass is 35.5. The molecule has 1 heterocycles. The molecule has 0 saturated carbocycles. The van der Waals surface area contributed by atoms with E-state index < -0.39 is 5.54 Å². The van der Waals surface area contributed by atoms with Crippen molar-refractivity contribution in [1.29, 1.82) is 0 Å². The summed E-state index contributed by atoms with van der Waals surface area (Å²) in [7, 11) is 0. The maximum Gasteiger partial charge on any atom is 0.250 e. The zero-order valence-corrected chi connectivity index (χ0v) is 15.2. The molecule has 1 atom stereocenters. The molecule has 0 aliphatic carbocycles. The second-order valence-corrected chi connectivity index (χ2v) is 6.49. The maximum atomic E-state index is 12.5. The highest BCUT2D eigenvalue weighted by Gasteiger charge is 2.31. The zero-order chi connectivity index (χ0) is 16.2. The van der Waals surface area contributed by atoms with Gasteiger partial charge in [0.2, 0.25) is 5.13 Å². The summed E-state index contributed by atoms with van der Waals surface area (Å²) in [5.74, 6) is 0.104. The highest BCUT2D eigenvalue weighted by molar-refractivity contribution is 7.15. The van der Waals surface area contributed by atoms with E-state index in [1.54, 1.807) is 6.92 Å². The summed E-state index contributed by atoms with van der Waals surface area (Å²) in [6.07, 6.45) is 2.02. The van der Waals surface area contributed by atoms with Crippen LogP contribution in [0.15, 0.2) is 30.3 Å². The fraction of sp³-hybridized carbons (Fsp3) is 0.438. The second kappa shape index (κ2) is 8.38. The van der Waals surface area contributed by atoms with Gasteiger partial charge < -0.3 is 5.73 Å². The fourth-order valence-corrected chi connectivity index (χ4v) is 3.24. The van der Waals surface area contributed by atoms with Crippen LogP contribution in [0.1, 0.15) is 50.1 Å². The van der Waals surface area contributed by atoms with Gasteiger partial charge in [0.1, 0.15) is 10.5 Å². The number of nitrogens with zero attached hydrogens (tertiary/aromatic N) is 2. The molecule has 126 valence electrons. The molecule has 1 aromatic heterocycles. The number of halogens is 1. The molecule has 1 aromatic carbocycles. The Hall–Kier alpha value is -1.50. The van der Waals surface area contributed by atoms with Crippen molar-refractivity contribution < 1.29 is 4.79 Å². The van der Waals surface area contributed by atoms with Crippen LogP contribution in [0.2, 0.25) is 0 Å². The Morgan fingerprint density at radius 3 is 2.43 bits per heavy atom. The lowest BCUT2D eigenvalue weighted by molar-refractivity contribution is -0.120. The van der Waals surface area contributed by atoms with Gasteiger partial charge in [0.05, 0.1) is 0 Å². The smallest absolute Gasteiger partial charge is 0.250 e. The van der Waals surface area contributed by atoms with Gasteiger partial charge in [-0.15, -0.1) is 22.6 Å². The third-order valence-electron chi connectivity index (χ3n) is 3.84. The van der Waals surface area contributed by atoms with Gasteiger partial charge in [-0.1, -0.05) is 55.5 Å². The fourth-order valence-electron chi connectivity index (χ4n) is 2.23. The summed E-state index contributed by atoms with van der Waals surface area (Å²) in [4.78, 5) is 12.5. The van der Waals surface area contributed by atoms with Crippen LogP contribution in [0.3, 0.4) is 0 Å². The molecule has 2 aromatic rings. The number of nitrogens with one attached hydrogen (secondary N) is 1. The molecule has 0 aliphatic heterocycles. The van der Waals surface area contributed by atoms with Gasteiger partial charge in [-0.3, -0.25) is 10.1 Å². The highest BCUT2D eigenvalue weighted by Crippen LogP contribution is 2.29. The summed E-state index contributed by atoms with van der Waals surface area (Å²) in [5.41, 5.74) is 5.84. The van der Waals surface area contributed by atoms with Crippen LogP contribution in [0, 0.1) is 0 Å². The van der Waals surface area contributed by atoms with Crippen molar-refractivity contribution in [3.8, 4) is 0 Å². The molecule has 1 amide bonds. The minimum absolute atomic E-state index is 0. The predicted octanol–water partition coefficient (Wildman–Crippen LogP) is 3.68. The van der Waals surface area contributed by atoms with E-state index in [0.717, 1.165) is 23.4 Å². The number of rotatable bonds is 6. The molecule has 1 unspecified atom stereocenters. The largest absolute Gasteiger partial charge is 0.314 e. The summed E-state index contributed by atoms with van der Waals surface area (Å²) in [6.45, 7) is 5.95. The Morgan fingerprint density at radius 1 is 1.26 bits per heavy atom. The van der Waals surface area contributed by atoms with Gasteiger partial charge in [0.25, 0.3) is 5.91 Å². The lowest BCUT2D eigenvalue weighted by Gasteiger charge is -2.23. The number of carbonyl (C=O) groups excluding carboxylic acids is 1. The molecule has 0 saturated heterocycles. The number of aromatic nitrogens is 2. The maximum absolute atomic E-state index is 12.5. The number of hydrogen-bond donors (Lipinski definition) is 2. The Balaban J connectivity index is 0.00000264. The molecular formula is C16H23ClN4OS. The van der Waals surface area contributed by atoms with Crippen LogP contribution >= 0.6 is 23.7 Å². The minimum Gasteiger partial charge on any atom is -0.314 e. The van der Waals surface area contributed by atoms with Crippen molar-refractivity contribution in [2.45, 2.75) is 45.1 Å². The molecule has 5 nitrogen and oxygen atoms in total. The first-order valence-electron chi connectivity index (χ1n) is 7.48. The molecular weight excluding hydrogens is 332 g/mol. The van der Waals surface area contributed by atoms with Gasteiger partial charge in [0.15, 0.2) is 0 Å². The van der Waals surface area contributed by atoms with Crippen LogP contribution in [0.25, 0.3) is 0 Å². The zero-order valence-electron chi connectivity index (χ0n) is 13.6. The molecule has 7 heteroatoms. The van der Waals surface area contributed by atoms with Gasteiger partial charge in [0, 0.05) is 5.92 Å². The second-order valence-electron chi connectivity index (χ2n) is 5.48. The van der Waals surface area contributed by atoms with Crippen molar-refractivity contribution in [2.75, 3.05) is 5.32 Å². The monoisotopic (exact) mass is 354 g/mol. The van der Waals surface area contributed by atoms with Crippen molar-refractivity contribution >= 4 is 34.8 Å². The van der Waals surface area contributed by atoms with Crippen molar-refractivity contribution in [3.05, 3.63) is 40.9 Å². The van der Waals surface area contributed by atoms with Crippen LogP contribution in [0.5, 0.6) is 0 Å². The number of nitrogens with two attached hydrogens (primary N) is 1. The first kappa shape index (κ1) is 19.5. The van der Waals surface area contributed by atoms with E-state index in [1.807, 2.05) is 30.3 Å². The van der Waals surface area contributed by atoms with Crippen LogP contribution in [-0.2, 0) is 10.3 Å². The lowest BCUT2D eigenvalue weighted by atomic mass is 9.92. The SMILES string of the molecule is CCC(CC)c1nnc(NC(=O)C(C)(N)c2ccccc2)s1.Cl. The van der Waals surface area contributed by atoms with Gasteiger partial charge in [-0.05, 0) is 25.3 Å². The quantitative estimate of drug-likeness (QED) is 0.829. The molecule has 23 heavy (non-hydrogen) atoms. The predicted molar refractivity (Wildman–Crippen MR) is 97.1 cm³/mol. The van der Waals surface area contributed by atoms with Crippen molar-refractivity contribution in [3.63, 3.8) is 0 Å².